The molecule has 18 heavy (non-hydrogen) atoms. The largest absolute Gasteiger partial charge is 0.459 e. The quantitative estimate of drug-likeness (QED) is 0.594. The van der Waals surface area contributed by atoms with Gasteiger partial charge in [-0.3, -0.25) is 0 Å². The third-order valence-corrected chi connectivity index (χ3v) is 2.98. The van der Waals surface area contributed by atoms with Gasteiger partial charge in [-0.25, -0.2) is 4.79 Å². The van der Waals surface area contributed by atoms with Crippen LogP contribution in [0.2, 0.25) is 0 Å². The van der Waals surface area contributed by atoms with E-state index >= 15 is 0 Å². The Kier molecular flexibility index (Phi) is 3.71. The van der Waals surface area contributed by atoms with Gasteiger partial charge in [0.1, 0.15) is 12.2 Å². The second-order valence-corrected chi connectivity index (χ2v) is 5.61. The van der Waals surface area contributed by atoms with E-state index in [1.807, 2.05) is 31.2 Å². The molecule has 0 bridgehead atoms. The molecule has 1 saturated heterocycles. The van der Waals surface area contributed by atoms with E-state index in [0.29, 0.717) is 24.7 Å². The number of benzene rings is 1. The molecule has 0 aliphatic carbocycles. The van der Waals surface area contributed by atoms with Crippen LogP contribution in [-0.2, 0) is 15.9 Å². The Labute approximate surface area is 108 Å². The molecule has 1 aliphatic heterocycles. The van der Waals surface area contributed by atoms with Gasteiger partial charge in [-0.15, -0.1) is 0 Å². The average Bonchev–Trinajstić information content (AvgIpc) is 3.05. The lowest BCUT2D eigenvalue weighted by Gasteiger charge is -2.08. The summed E-state index contributed by atoms with van der Waals surface area (Å²) in [5.41, 5.74) is 1.61. The predicted octanol–water partition coefficient (Wildman–Crippen LogP) is 2.83. The highest BCUT2D eigenvalue weighted by Gasteiger charge is 2.40. The van der Waals surface area contributed by atoms with Crippen LogP contribution in [0, 0.1) is 5.92 Å². The summed E-state index contributed by atoms with van der Waals surface area (Å²) in [6, 6.07) is 7.64. The van der Waals surface area contributed by atoms with E-state index < -0.39 is 0 Å². The van der Waals surface area contributed by atoms with Gasteiger partial charge < -0.3 is 9.47 Å². The maximum Gasteiger partial charge on any atom is 0.338 e. The molecule has 98 valence electrons. The number of hydrogen-bond acceptors (Lipinski definition) is 3. The monoisotopic (exact) mass is 248 g/mol. The molecule has 1 aliphatic rings. The summed E-state index contributed by atoms with van der Waals surface area (Å²) in [6.07, 6.45) is 1.03. The maximum absolute atomic E-state index is 11.8. The summed E-state index contributed by atoms with van der Waals surface area (Å²) in [4.78, 5) is 11.8. The maximum atomic E-state index is 11.8. The molecule has 0 radical (unpaired) electrons. The standard InChI is InChI=1S/C15H20O3/c1-11(2)8-12-4-6-13(7-5-12)14(16)17-9-15(3)10-18-15/h4-7,11H,8-10H2,1-3H3. The van der Waals surface area contributed by atoms with Crippen molar-refractivity contribution in [1.29, 1.82) is 0 Å². The molecule has 2 rings (SSSR count). The van der Waals surface area contributed by atoms with Gasteiger partial charge in [-0.1, -0.05) is 26.0 Å². The minimum absolute atomic E-state index is 0.243. The van der Waals surface area contributed by atoms with Crippen molar-refractivity contribution in [1.82, 2.24) is 0 Å². The molecule has 3 heteroatoms. The number of esters is 1. The van der Waals surface area contributed by atoms with Gasteiger partial charge in [0.25, 0.3) is 0 Å². The van der Waals surface area contributed by atoms with Gasteiger partial charge in [0.2, 0.25) is 0 Å². The number of rotatable bonds is 5. The minimum atomic E-state index is -0.275. The zero-order valence-electron chi connectivity index (χ0n) is 11.2. The van der Waals surface area contributed by atoms with Gasteiger partial charge in [0, 0.05) is 0 Å². The molecule has 0 saturated carbocycles. The molecular weight excluding hydrogens is 228 g/mol. The molecule has 1 aromatic rings. The highest BCUT2D eigenvalue weighted by molar-refractivity contribution is 5.89. The van der Waals surface area contributed by atoms with E-state index in [2.05, 4.69) is 13.8 Å². The van der Waals surface area contributed by atoms with Crippen molar-refractivity contribution < 1.29 is 14.3 Å². The molecule has 0 N–H and O–H groups in total. The summed E-state index contributed by atoms with van der Waals surface area (Å²) in [5.74, 6) is 0.345. The van der Waals surface area contributed by atoms with Crippen LogP contribution >= 0.6 is 0 Å². The Morgan fingerprint density at radius 3 is 2.50 bits per heavy atom. The van der Waals surface area contributed by atoms with Crippen molar-refractivity contribution in [2.75, 3.05) is 13.2 Å². The molecule has 1 unspecified atom stereocenters. The lowest BCUT2D eigenvalue weighted by molar-refractivity contribution is 0.0411. The summed E-state index contributed by atoms with van der Waals surface area (Å²) in [7, 11) is 0. The minimum Gasteiger partial charge on any atom is -0.459 e. The third kappa shape index (κ3) is 3.57. The molecule has 1 aromatic carbocycles. The van der Waals surface area contributed by atoms with Crippen molar-refractivity contribution in [3.8, 4) is 0 Å². The fourth-order valence-electron chi connectivity index (χ4n) is 1.76. The van der Waals surface area contributed by atoms with E-state index in [0.717, 1.165) is 6.42 Å². The van der Waals surface area contributed by atoms with Gasteiger partial charge in [0.05, 0.1) is 12.2 Å². The Morgan fingerprint density at radius 2 is 2.00 bits per heavy atom. The van der Waals surface area contributed by atoms with E-state index in [1.54, 1.807) is 0 Å². The van der Waals surface area contributed by atoms with E-state index in [4.69, 9.17) is 9.47 Å². The van der Waals surface area contributed by atoms with Gasteiger partial charge in [-0.05, 0) is 37.0 Å². The lowest BCUT2D eigenvalue weighted by atomic mass is 10.0. The van der Waals surface area contributed by atoms with Gasteiger partial charge in [-0.2, -0.15) is 0 Å². The molecule has 0 spiro atoms. The summed E-state index contributed by atoms with van der Waals surface area (Å²) in [5, 5.41) is 0. The Balaban J connectivity index is 1.89. The summed E-state index contributed by atoms with van der Waals surface area (Å²) >= 11 is 0. The van der Waals surface area contributed by atoms with E-state index in [9.17, 15) is 4.79 Å². The van der Waals surface area contributed by atoms with Gasteiger partial charge in [0.15, 0.2) is 0 Å². The molecule has 1 heterocycles. The Morgan fingerprint density at radius 1 is 1.39 bits per heavy atom. The number of carbonyl (C=O) groups excluding carboxylic acids is 1. The van der Waals surface area contributed by atoms with Crippen LogP contribution in [0.1, 0.15) is 36.7 Å². The van der Waals surface area contributed by atoms with Crippen molar-refractivity contribution >= 4 is 5.97 Å². The first kappa shape index (κ1) is 13.1. The zero-order chi connectivity index (χ0) is 13.2. The molecular formula is C15H20O3. The number of epoxide rings is 1. The predicted molar refractivity (Wildman–Crippen MR) is 69.6 cm³/mol. The molecule has 0 aromatic heterocycles. The van der Waals surface area contributed by atoms with Crippen molar-refractivity contribution in [3.05, 3.63) is 35.4 Å². The first-order chi connectivity index (χ1) is 8.48. The van der Waals surface area contributed by atoms with Crippen molar-refractivity contribution in [3.63, 3.8) is 0 Å². The third-order valence-electron chi connectivity index (χ3n) is 2.98. The Hall–Kier alpha value is -1.35. The first-order valence-corrected chi connectivity index (χ1v) is 6.38. The van der Waals surface area contributed by atoms with Crippen molar-refractivity contribution in [2.45, 2.75) is 32.8 Å². The molecule has 3 nitrogen and oxygen atoms in total. The smallest absolute Gasteiger partial charge is 0.338 e. The van der Waals surface area contributed by atoms with Crippen molar-refractivity contribution in [2.24, 2.45) is 5.92 Å². The van der Waals surface area contributed by atoms with Gasteiger partial charge >= 0.3 is 5.97 Å². The summed E-state index contributed by atoms with van der Waals surface area (Å²) in [6.45, 7) is 7.30. The molecule has 1 atom stereocenters. The van der Waals surface area contributed by atoms with Crippen LogP contribution in [0.15, 0.2) is 24.3 Å². The fraction of sp³-hybridized carbons (Fsp3) is 0.533. The SMILES string of the molecule is CC(C)Cc1ccc(C(=O)OCC2(C)CO2)cc1. The zero-order valence-corrected chi connectivity index (χ0v) is 11.2. The van der Waals surface area contributed by atoms with E-state index in [1.165, 1.54) is 5.56 Å². The Bertz CT molecular complexity index is 416. The molecule has 0 amide bonds. The van der Waals surface area contributed by atoms with Crippen LogP contribution < -0.4 is 0 Å². The number of hydrogen-bond donors (Lipinski definition) is 0. The second-order valence-electron chi connectivity index (χ2n) is 5.61. The lowest BCUT2D eigenvalue weighted by Crippen LogP contribution is -2.18. The van der Waals surface area contributed by atoms with Crippen LogP contribution in [0.5, 0.6) is 0 Å². The number of ether oxygens (including phenoxy) is 2. The van der Waals surface area contributed by atoms with Crippen LogP contribution in [0.3, 0.4) is 0 Å². The fourth-order valence-corrected chi connectivity index (χ4v) is 1.76. The number of carbonyl (C=O) groups is 1. The summed E-state index contributed by atoms with van der Waals surface area (Å²) < 4.78 is 10.4. The second kappa shape index (κ2) is 5.11. The highest BCUT2D eigenvalue weighted by atomic mass is 16.6. The van der Waals surface area contributed by atoms with E-state index in [-0.39, 0.29) is 11.6 Å². The van der Waals surface area contributed by atoms with Crippen LogP contribution in [0.4, 0.5) is 0 Å². The highest BCUT2D eigenvalue weighted by Crippen LogP contribution is 2.26. The first-order valence-electron chi connectivity index (χ1n) is 6.38. The average molecular weight is 248 g/mol. The molecule has 1 fully saturated rings. The normalized spacial score (nSPS) is 22.0. The topological polar surface area (TPSA) is 38.8 Å². The van der Waals surface area contributed by atoms with Crippen LogP contribution in [0.25, 0.3) is 0 Å². The van der Waals surface area contributed by atoms with Crippen LogP contribution in [-0.4, -0.2) is 24.8 Å².